The number of rotatable bonds is 5. The summed E-state index contributed by atoms with van der Waals surface area (Å²) in [5.74, 6) is -0.134. The number of carbonyl (C=O) groups excluding carboxylic acids is 1. The number of likely N-dealkylation sites (tertiary alicyclic amines) is 1. The SMILES string of the molecule is C=CC(=O)N1CCC[C@@H](Nc2nc(Nc3ccc4c(c3)CCN(C)CC4)ncc2F)C1. The average Bonchev–Trinajstić information content (AvgIpc) is 2.97. The number of anilines is 3. The van der Waals surface area contributed by atoms with Crippen LogP contribution in [0.15, 0.2) is 37.1 Å². The molecule has 0 spiro atoms. The molecule has 0 radical (unpaired) electrons. The number of carbonyl (C=O) groups is 1. The molecule has 0 aliphatic carbocycles. The van der Waals surface area contributed by atoms with Crippen LogP contribution in [0.2, 0.25) is 0 Å². The average molecular weight is 425 g/mol. The Labute approximate surface area is 182 Å². The fourth-order valence-corrected chi connectivity index (χ4v) is 4.19. The van der Waals surface area contributed by atoms with Gasteiger partial charge in [-0.05, 0) is 62.1 Å². The maximum Gasteiger partial charge on any atom is 0.246 e. The number of benzene rings is 1. The standard InChI is InChI=1S/C23H29FN6O/c1-3-21(31)30-10-4-5-19(15-30)26-22-20(24)14-25-23(28-22)27-18-7-6-16-8-11-29(2)12-9-17(16)13-18/h3,6-7,13-14,19H,1,4-5,8-12,15H2,2H3,(H2,25,26,27,28)/t19-/m1/s1. The molecular weight excluding hydrogens is 395 g/mol. The molecule has 3 heterocycles. The topological polar surface area (TPSA) is 73.4 Å². The van der Waals surface area contributed by atoms with Gasteiger partial charge in [0.25, 0.3) is 0 Å². The first-order chi connectivity index (χ1) is 15.0. The molecule has 4 rings (SSSR count). The lowest BCUT2D eigenvalue weighted by Gasteiger charge is -2.32. The number of amides is 1. The maximum absolute atomic E-state index is 14.4. The lowest BCUT2D eigenvalue weighted by atomic mass is 10.0. The number of hydrogen-bond donors (Lipinski definition) is 2. The van der Waals surface area contributed by atoms with Crippen LogP contribution in [0.4, 0.5) is 21.8 Å². The molecule has 2 aliphatic rings. The Morgan fingerprint density at radius 1 is 1.26 bits per heavy atom. The summed E-state index contributed by atoms with van der Waals surface area (Å²) in [6, 6.07) is 6.23. The Balaban J connectivity index is 1.46. The molecule has 164 valence electrons. The van der Waals surface area contributed by atoms with E-state index >= 15 is 0 Å². The summed E-state index contributed by atoms with van der Waals surface area (Å²) in [5, 5.41) is 6.35. The minimum atomic E-state index is -0.511. The highest BCUT2D eigenvalue weighted by molar-refractivity contribution is 5.87. The molecule has 7 nitrogen and oxygen atoms in total. The first-order valence-electron chi connectivity index (χ1n) is 10.8. The summed E-state index contributed by atoms with van der Waals surface area (Å²) in [7, 11) is 2.14. The van der Waals surface area contributed by atoms with Crippen LogP contribution < -0.4 is 10.6 Å². The Bertz CT molecular complexity index is 965. The zero-order valence-corrected chi connectivity index (χ0v) is 17.9. The van der Waals surface area contributed by atoms with Crippen LogP contribution in [0.5, 0.6) is 0 Å². The highest BCUT2D eigenvalue weighted by atomic mass is 19.1. The van der Waals surface area contributed by atoms with Crippen molar-refractivity contribution in [3.05, 3.63) is 54.0 Å². The van der Waals surface area contributed by atoms with E-state index in [0.717, 1.165) is 44.5 Å². The van der Waals surface area contributed by atoms with Crippen molar-refractivity contribution in [3.8, 4) is 0 Å². The van der Waals surface area contributed by atoms with Gasteiger partial charge in [-0.25, -0.2) is 9.37 Å². The van der Waals surface area contributed by atoms with Crippen molar-refractivity contribution >= 4 is 23.4 Å². The van der Waals surface area contributed by atoms with Gasteiger partial charge in [-0.1, -0.05) is 12.6 Å². The number of nitrogens with zero attached hydrogens (tertiary/aromatic N) is 4. The number of halogens is 1. The van der Waals surface area contributed by atoms with Crippen LogP contribution in [-0.2, 0) is 17.6 Å². The fraction of sp³-hybridized carbons (Fsp3) is 0.435. The van der Waals surface area contributed by atoms with Crippen LogP contribution in [0.25, 0.3) is 0 Å². The largest absolute Gasteiger partial charge is 0.363 e. The predicted octanol–water partition coefficient (Wildman–Crippen LogP) is 2.98. The van der Waals surface area contributed by atoms with Gasteiger partial charge in [0.05, 0.1) is 6.20 Å². The molecule has 2 aromatic rings. The van der Waals surface area contributed by atoms with Crippen molar-refractivity contribution in [1.82, 2.24) is 19.8 Å². The van der Waals surface area contributed by atoms with Crippen molar-refractivity contribution in [3.63, 3.8) is 0 Å². The molecular formula is C23H29FN6O. The third-order valence-electron chi connectivity index (χ3n) is 5.98. The highest BCUT2D eigenvalue weighted by Gasteiger charge is 2.23. The molecule has 1 fully saturated rings. The first kappa shape index (κ1) is 21.2. The fourth-order valence-electron chi connectivity index (χ4n) is 4.19. The number of nitrogens with one attached hydrogen (secondary N) is 2. The van der Waals surface area contributed by atoms with E-state index in [1.54, 1.807) is 4.90 Å². The smallest absolute Gasteiger partial charge is 0.246 e. The molecule has 1 aromatic carbocycles. The molecule has 31 heavy (non-hydrogen) atoms. The van der Waals surface area contributed by atoms with E-state index in [1.807, 2.05) is 6.07 Å². The maximum atomic E-state index is 14.4. The van der Waals surface area contributed by atoms with E-state index in [2.05, 4.69) is 51.3 Å². The minimum Gasteiger partial charge on any atom is -0.363 e. The highest BCUT2D eigenvalue weighted by Crippen LogP contribution is 2.23. The van der Waals surface area contributed by atoms with Gasteiger partial charge in [-0.2, -0.15) is 4.98 Å². The third kappa shape index (κ3) is 5.19. The summed E-state index contributed by atoms with van der Waals surface area (Å²) < 4.78 is 14.4. The third-order valence-corrected chi connectivity index (χ3v) is 5.98. The molecule has 0 bridgehead atoms. The summed E-state index contributed by atoms with van der Waals surface area (Å²) >= 11 is 0. The van der Waals surface area contributed by atoms with Crippen molar-refractivity contribution in [2.75, 3.05) is 43.9 Å². The van der Waals surface area contributed by atoms with E-state index in [9.17, 15) is 9.18 Å². The van der Waals surface area contributed by atoms with Gasteiger partial charge in [-0.15, -0.1) is 0 Å². The van der Waals surface area contributed by atoms with Gasteiger partial charge in [-0.3, -0.25) is 4.79 Å². The second-order valence-corrected chi connectivity index (χ2v) is 8.27. The van der Waals surface area contributed by atoms with E-state index in [0.29, 0.717) is 19.0 Å². The van der Waals surface area contributed by atoms with E-state index in [-0.39, 0.29) is 17.8 Å². The monoisotopic (exact) mass is 424 g/mol. The van der Waals surface area contributed by atoms with Crippen molar-refractivity contribution in [1.29, 1.82) is 0 Å². The van der Waals surface area contributed by atoms with E-state index in [4.69, 9.17) is 0 Å². The molecule has 0 unspecified atom stereocenters. The molecule has 1 atom stereocenters. The Morgan fingerprint density at radius 3 is 2.87 bits per heavy atom. The quantitative estimate of drug-likeness (QED) is 0.719. The van der Waals surface area contributed by atoms with Crippen molar-refractivity contribution < 1.29 is 9.18 Å². The molecule has 2 N–H and O–H groups in total. The number of likely N-dealkylation sites (N-methyl/N-ethyl adjacent to an activating group) is 1. The van der Waals surface area contributed by atoms with E-state index in [1.165, 1.54) is 23.4 Å². The minimum absolute atomic E-state index is 0.0700. The zero-order chi connectivity index (χ0) is 21.8. The van der Waals surface area contributed by atoms with Gasteiger partial charge < -0.3 is 20.4 Å². The van der Waals surface area contributed by atoms with Crippen LogP contribution >= 0.6 is 0 Å². The van der Waals surface area contributed by atoms with Crippen LogP contribution in [0, 0.1) is 5.82 Å². The number of hydrogen-bond acceptors (Lipinski definition) is 6. The second-order valence-electron chi connectivity index (χ2n) is 8.27. The van der Waals surface area contributed by atoms with Crippen molar-refractivity contribution in [2.45, 2.75) is 31.7 Å². The molecule has 8 heteroatoms. The summed E-state index contributed by atoms with van der Waals surface area (Å²) in [6.45, 7) is 6.82. The summed E-state index contributed by atoms with van der Waals surface area (Å²) in [5.41, 5.74) is 3.58. The van der Waals surface area contributed by atoms with Crippen LogP contribution in [0.1, 0.15) is 24.0 Å². The Hall–Kier alpha value is -3.00. The Kier molecular flexibility index (Phi) is 6.46. The van der Waals surface area contributed by atoms with Gasteiger partial charge in [0.15, 0.2) is 11.6 Å². The van der Waals surface area contributed by atoms with Gasteiger partial charge in [0.1, 0.15) is 0 Å². The zero-order valence-electron chi connectivity index (χ0n) is 17.9. The molecule has 0 saturated carbocycles. The molecule has 1 amide bonds. The molecule has 1 saturated heterocycles. The lowest BCUT2D eigenvalue weighted by Crippen LogP contribution is -2.44. The number of piperidine rings is 1. The summed E-state index contributed by atoms with van der Waals surface area (Å²) in [4.78, 5) is 24.4. The van der Waals surface area contributed by atoms with E-state index < -0.39 is 5.82 Å². The molecule has 2 aliphatic heterocycles. The summed E-state index contributed by atoms with van der Waals surface area (Å²) in [6.07, 6.45) is 6.21. The second kappa shape index (κ2) is 9.43. The van der Waals surface area contributed by atoms with Crippen molar-refractivity contribution in [2.24, 2.45) is 0 Å². The van der Waals surface area contributed by atoms with Gasteiger partial charge in [0, 0.05) is 37.9 Å². The number of aromatic nitrogens is 2. The molecule has 1 aromatic heterocycles. The predicted molar refractivity (Wildman–Crippen MR) is 120 cm³/mol. The van der Waals surface area contributed by atoms with Crippen LogP contribution in [-0.4, -0.2) is 64.9 Å². The normalized spacial score (nSPS) is 19.3. The Morgan fingerprint density at radius 2 is 2.06 bits per heavy atom. The lowest BCUT2D eigenvalue weighted by molar-refractivity contribution is -0.127. The van der Waals surface area contributed by atoms with Gasteiger partial charge >= 0.3 is 0 Å². The van der Waals surface area contributed by atoms with Gasteiger partial charge in [0.2, 0.25) is 11.9 Å². The van der Waals surface area contributed by atoms with Crippen LogP contribution in [0.3, 0.4) is 0 Å². The number of fused-ring (bicyclic) bond motifs is 1. The first-order valence-corrected chi connectivity index (χ1v) is 10.8.